The van der Waals surface area contributed by atoms with Crippen LogP contribution >= 0.6 is 0 Å². The highest BCUT2D eigenvalue weighted by Gasteiger charge is 2.26. The molecule has 0 fully saturated rings. The molecule has 1 aromatic rings. The monoisotopic (exact) mass is 265 g/mol. The van der Waals surface area contributed by atoms with Crippen LogP contribution in [0.4, 0.5) is 0 Å². The summed E-state index contributed by atoms with van der Waals surface area (Å²) in [5, 5.41) is 9.24. The quantitative estimate of drug-likeness (QED) is 0.884. The Kier molecular flexibility index (Phi) is 4.95. The number of aliphatic hydroxyl groups excluding tert-OH is 1. The number of hydrogen-bond acceptors (Lipinski definition) is 3. The molecule has 0 unspecified atom stereocenters. The highest BCUT2D eigenvalue weighted by atomic mass is 16.5. The topological polar surface area (TPSA) is 49.8 Å². The lowest BCUT2D eigenvalue weighted by Gasteiger charge is -2.33. The highest BCUT2D eigenvalue weighted by Crippen LogP contribution is 2.21. The summed E-state index contributed by atoms with van der Waals surface area (Å²) in [5.41, 5.74) is 1.59. The summed E-state index contributed by atoms with van der Waals surface area (Å²) in [6.45, 7) is 7.48. The first-order valence-corrected chi connectivity index (χ1v) is 6.36. The minimum Gasteiger partial charge on any atom is -0.483 e. The lowest BCUT2D eigenvalue weighted by molar-refractivity contribution is -0.138. The van der Waals surface area contributed by atoms with E-state index < -0.39 is 5.54 Å². The Morgan fingerprint density at radius 2 is 2.00 bits per heavy atom. The van der Waals surface area contributed by atoms with E-state index in [9.17, 15) is 9.90 Å². The van der Waals surface area contributed by atoms with Gasteiger partial charge in [0.1, 0.15) is 5.75 Å². The smallest absolute Gasteiger partial charge is 0.260 e. The number of carbonyl (C=O) groups excluding carboxylic acids is 1. The fraction of sp³-hybridized carbons (Fsp3) is 0.533. The zero-order valence-electron chi connectivity index (χ0n) is 12.4. The average Bonchev–Trinajstić information content (AvgIpc) is 2.39. The zero-order chi connectivity index (χ0) is 14.6. The van der Waals surface area contributed by atoms with Gasteiger partial charge in [0.05, 0.1) is 12.1 Å². The molecular weight excluding hydrogens is 242 g/mol. The maximum Gasteiger partial charge on any atom is 0.260 e. The number of benzene rings is 1. The molecule has 19 heavy (non-hydrogen) atoms. The Balaban J connectivity index is 2.67. The second-order valence-corrected chi connectivity index (χ2v) is 5.41. The van der Waals surface area contributed by atoms with Crippen LogP contribution in [-0.4, -0.2) is 41.7 Å². The van der Waals surface area contributed by atoms with Crippen LogP contribution in [0.5, 0.6) is 5.75 Å². The Morgan fingerprint density at radius 3 is 2.58 bits per heavy atom. The Labute approximate surface area is 115 Å². The molecule has 0 aliphatic heterocycles. The molecule has 4 heteroatoms. The standard InChI is InChI=1S/C15H23NO3/c1-11-7-6-8-13(12(11)2)19-9-14(18)16(5)15(3,4)10-17/h6-8,17H,9-10H2,1-5H3. The molecule has 1 aromatic carbocycles. The molecule has 0 saturated heterocycles. The van der Waals surface area contributed by atoms with E-state index in [1.807, 2.05) is 45.9 Å². The van der Waals surface area contributed by atoms with Crippen molar-refractivity contribution in [2.75, 3.05) is 20.3 Å². The van der Waals surface area contributed by atoms with E-state index in [1.165, 1.54) is 4.90 Å². The van der Waals surface area contributed by atoms with Crippen molar-refractivity contribution in [1.82, 2.24) is 4.90 Å². The number of hydrogen-bond donors (Lipinski definition) is 1. The van der Waals surface area contributed by atoms with Gasteiger partial charge in [0.15, 0.2) is 6.61 Å². The minimum absolute atomic E-state index is 0.0236. The molecule has 4 nitrogen and oxygen atoms in total. The van der Waals surface area contributed by atoms with Crippen LogP contribution < -0.4 is 4.74 Å². The Hall–Kier alpha value is -1.55. The van der Waals surface area contributed by atoms with Crippen molar-refractivity contribution in [2.24, 2.45) is 0 Å². The third-order valence-electron chi connectivity index (χ3n) is 3.58. The first-order valence-electron chi connectivity index (χ1n) is 6.36. The summed E-state index contributed by atoms with van der Waals surface area (Å²) in [4.78, 5) is 13.5. The predicted molar refractivity (Wildman–Crippen MR) is 75.3 cm³/mol. The van der Waals surface area contributed by atoms with Crippen LogP contribution in [-0.2, 0) is 4.79 Å². The van der Waals surface area contributed by atoms with Crippen LogP contribution in [0, 0.1) is 13.8 Å². The molecule has 0 aromatic heterocycles. The fourth-order valence-corrected chi connectivity index (χ4v) is 1.56. The van der Waals surface area contributed by atoms with E-state index in [0.717, 1.165) is 16.9 Å². The van der Waals surface area contributed by atoms with Crippen molar-refractivity contribution >= 4 is 5.91 Å². The number of aryl methyl sites for hydroxylation is 1. The van der Waals surface area contributed by atoms with Gasteiger partial charge in [-0.05, 0) is 44.9 Å². The van der Waals surface area contributed by atoms with Gasteiger partial charge in [-0.3, -0.25) is 4.79 Å². The highest BCUT2D eigenvalue weighted by molar-refractivity contribution is 5.78. The van der Waals surface area contributed by atoms with Crippen molar-refractivity contribution in [3.63, 3.8) is 0 Å². The second-order valence-electron chi connectivity index (χ2n) is 5.41. The first-order chi connectivity index (χ1) is 8.79. The van der Waals surface area contributed by atoms with E-state index in [2.05, 4.69) is 0 Å². The van der Waals surface area contributed by atoms with Gasteiger partial charge in [0, 0.05) is 7.05 Å². The van der Waals surface area contributed by atoms with Crippen molar-refractivity contribution in [1.29, 1.82) is 0 Å². The number of likely N-dealkylation sites (N-methyl/N-ethyl adjacent to an activating group) is 1. The van der Waals surface area contributed by atoms with Gasteiger partial charge >= 0.3 is 0 Å². The lowest BCUT2D eigenvalue weighted by Crippen LogP contribution is -2.49. The summed E-state index contributed by atoms with van der Waals surface area (Å²) in [6, 6.07) is 5.77. The summed E-state index contributed by atoms with van der Waals surface area (Å²) in [7, 11) is 1.67. The SMILES string of the molecule is Cc1cccc(OCC(=O)N(C)C(C)(C)CO)c1C. The number of ether oxygens (including phenoxy) is 1. The van der Waals surface area contributed by atoms with Gasteiger partial charge in [-0.15, -0.1) is 0 Å². The molecule has 0 aliphatic rings. The maximum atomic E-state index is 12.0. The van der Waals surface area contributed by atoms with E-state index >= 15 is 0 Å². The number of amides is 1. The van der Waals surface area contributed by atoms with Gasteiger partial charge in [-0.25, -0.2) is 0 Å². The molecule has 0 saturated carbocycles. The first kappa shape index (κ1) is 15.5. The fourth-order valence-electron chi connectivity index (χ4n) is 1.56. The number of carbonyl (C=O) groups is 1. The maximum absolute atomic E-state index is 12.0. The molecule has 0 heterocycles. The van der Waals surface area contributed by atoms with Crippen LogP contribution in [0.3, 0.4) is 0 Å². The second kappa shape index (κ2) is 6.06. The van der Waals surface area contributed by atoms with Crippen molar-refractivity contribution in [3.8, 4) is 5.75 Å². The van der Waals surface area contributed by atoms with E-state index in [1.54, 1.807) is 7.05 Å². The normalized spacial score (nSPS) is 11.3. The van der Waals surface area contributed by atoms with Crippen LogP contribution in [0.1, 0.15) is 25.0 Å². The predicted octanol–water partition coefficient (Wildman–Crippen LogP) is 1.91. The summed E-state index contributed by atoms with van der Waals surface area (Å²) in [5.74, 6) is 0.573. The Bertz CT molecular complexity index is 455. The van der Waals surface area contributed by atoms with Gasteiger partial charge in [-0.1, -0.05) is 12.1 Å². The molecule has 0 radical (unpaired) electrons. The summed E-state index contributed by atoms with van der Waals surface area (Å²) < 4.78 is 5.57. The third kappa shape index (κ3) is 3.70. The molecule has 0 spiro atoms. The lowest BCUT2D eigenvalue weighted by atomic mass is 10.1. The van der Waals surface area contributed by atoms with Gasteiger partial charge in [0.25, 0.3) is 5.91 Å². The largest absolute Gasteiger partial charge is 0.483 e. The van der Waals surface area contributed by atoms with Crippen LogP contribution in [0.15, 0.2) is 18.2 Å². The molecule has 0 atom stereocenters. The van der Waals surface area contributed by atoms with E-state index in [4.69, 9.17) is 4.74 Å². The van der Waals surface area contributed by atoms with E-state index in [-0.39, 0.29) is 19.1 Å². The summed E-state index contributed by atoms with van der Waals surface area (Å²) >= 11 is 0. The van der Waals surface area contributed by atoms with Gasteiger partial charge in [0.2, 0.25) is 0 Å². The van der Waals surface area contributed by atoms with Crippen LogP contribution in [0.25, 0.3) is 0 Å². The van der Waals surface area contributed by atoms with Crippen LogP contribution in [0.2, 0.25) is 0 Å². The molecule has 106 valence electrons. The third-order valence-corrected chi connectivity index (χ3v) is 3.58. The molecule has 1 N–H and O–H groups in total. The molecular formula is C15H23NO3. The average molecular weight is 265 g/mol. The van der Waals surface area contributed by atoms with Gasteiger partial charge in [-0.2, -0.15) is 0 Å². The van der Waals surface area contributed by atoms with Crippen molar-refractivity contribution < 1.29 is 14.6 Å². The number of nitrogens with zero attached hydrogens (tertiary/aromatic N) is 1. The molecule has 1 rings (SSSR count). The summed E-state index contributed by atoms with van der Waals surface area (Å²) in [6.07, 6.45) is 0. The molecule has 1 amide bonds. The Morgan fingerprint density at radius 1 is 1.37 bits per heavy atom. The minimum atomic E-state index is -0.581. The van der Waals surface area contributed by atoms with E-state index in [0.29, 0.717) is 0 Å². The van der Waals surface area contributed by atoms with Crippen molar-refractivity contribution in [3.05, 3.63) is 29.3 Å². The number of aliphatic hydroxyl groups is 1. The van der Waals surface area contributed by atoms with Gasteiger partial charge < -0.3 is 14.7 Å². The molecule has 0 aliphatic carbocycles. The molecule has 0 bridgehead atoms. The zero-order valence-corrected chi connectivity index (χ0v) is 12.4. The van der Waals surface area contributed by atoms with Crippen molar-refractivity contribution in [2.45, 2.75) is 33.2 Å². The number of rotatable bonds is 5.